The first kappa shape index (κ1) is 11.5. The molecule has 4 heteroatoms. The van der Waals surface area contributed by atoms with E-state index in [1.807, 2.05) is 13.1 Å². The molecule has 0 saturated carbocycles. The van der Waals surface area contributed by atoms with Crippen molar-refractivity contribution >= 4 is 16.5 Å². The smallest absolute Gasteiger partial charge is 0.185 e. The Bertz CT molecular complexity index is 266. The van der Waals surface area contributed by atoms with Crippen LogP contribution in [0.2, 0.25) is 0 Å². The molecular weight excluding hydrogens is 194 g/mol. The Balaban J connectivity index is 2.66. The summed E-state index contributed by atoms with van der Waals surface area (Å²) in [6.45, 7) is 8.35. The summed E-state index contributed by atoms with van der Waals surface area (Å²) in [6.07, 6.45) is 2.88. The maximum Gasteiger partial charge on any atom is 0.185 e. The fourth-order valence-electron chi connectivity index (χ4n) is 1.35. The van der Waals surface area contributed by atoms with Gasteiger partial charge in [-0.05, 0) is 27.2 Å². The van der Waals surface area contributed by atoms with Crippen molar-refractivity contribution in [3.8, 4) is 0 Å². The van der Waals surface area contributed by atoms with Crippen LogP contribution < -0.4 is 10.6 Å². The molecule has 0 bridgehead atoms. The van der Waals surface area contributed by atoms with E-state index < -0.39 is 0 Å². The first-order valence-electron chi connectivity index (χ1n) is 5.12. The summed E-state index contributed by atoms with van der Waals surface area (Å²) >= 11 is 1.75. The van der Waals surface area contributed by atoms with Crippen LogP contribution in [0, 0.1) is 0 Å². The maximum absolute atomic E-state index is 5.74. The summed E-state index contributed by atoms with van der Waals surface area (Å²) in [4.78, 5) is 7.94. The lowest BCUT2D eigenvalue weighted by molar-refractivity contribution is 0.745. The first-order valence-corrected chi connectivity index (χ1v) is 5.94. The SMILES string of the molecule is CCN(CC)c1ncc(CC(C)N)s1. The fraction of sp³-hybridized carbons (Fsp3) is 0.700. The van der Waals surface area contributed by atoms with Gasteiger partial charge in [0.1, 0.15) is 0 Å². The van der Waals surface area contributed by atoms with Crippen LogP contribution in [0.4, 0.5) is 5.13 Å². The minimum atomic E-state index is 0.222. The van der Waals surface area contributed by atoms with Crippen LogP contribution in [-0.4, -0.2) is 24.1 Å². The van der Waals surface area contributed by atoms with Crippen LogP contribution >= 0.6 is 11.3 Å². The molecule has 1 atom stereocenters. The third-order valence-corrected chi connectivity index (χ3v) is 3.18. The van der Waals surface area contributed by atoms with Gasteiger partial charge in [0.2, 0.25) is 0 Å². The zero-order valence-corrected chi connectivity index (χ0v) is 9.97. The highest BCUT2D eigenvalue weighted by atomic mass is 32.1. The topological polar surface area (TPSA) is 42.2 Å². The molecule has 3 nitrogen and oxygen atoms in total. The summed E-state index contributed by atoms with van der Waals surface area (Å²) in [5, 5.41) is 1.12. The lowest BCUT2D eigenvalue weighted by Gasteiger charge is -2.16. The highest BCUT2D eigenvalue weighted by Gasteiger charge is 2.08. The van der Waals surface area contributed by atoms with Gasteiger partial charge >= 0.3 is 0 Å². The predicted octanol–water partition coefficient (Wildman–Crippen LogP) is 1.88. The number of aromatic nitrogens is 1. The van der Waals surface area contributed by atoms with Crippen molar-refractivity contribution in [1.82, 2.24) is 4.98 Å². The Hall–Kier alpha value is -0.610. The second-order valence-electron chi connectivity index (χ2n) is 3.46. The summed E-state index contributed by atoms with van der Waals surface area (Å²) in [6, 6.07) is 0.222. The van der Waals surface area contributed by atoms with Gasteiger partial charge in [0.15, 0.2) is 5.13 Å². The lowest BCUT2D eigenvalue weighted by Crippen LogP contribution is -2.21. The van der Waals surface area contributed by atoms with Crippen molar-refractivity contribution in [1.29, 1.82) is 0 Å². The zero-order valence-electron chi connectivity index (χ0n) is 9.16. The molecule has 0 aliphatic carbocycles. The van der Waals surface area contributed by atoms with E-state index >= 15 is 0 Å². The number of thiazole rings is 1. The molecule has 1 heterocycles. The minimum absolute atomic E-state index is 0.222. The van der Waals surface area contributed by atoms with Crippen LogP contribution in [0.1, 0.15) is 25.6 Å². The van der Waals surface area contributed by atoms with Gasteiger partial charge in [0.05, 0.1) is 0 Å². The van der Waals surface area contributed by atoms with Gasteiger partial charge in [-0.3, -0.25) is 0 Å². The van der Waals surface area contributed by atoms with E-state index in [1.165, 1.54) is 4.88 Å². The Kier molecular flexibility index (Phi) is 4.35. The Morgan fingerprint density at radius 3 is 2.64 bits per heavy atom. The quantitative estimate of drug-likeness (QED) is 0.812. The number of nitrogens with two attached hydrogens (primary N) is 1. The van der Waals surface area contributed by atoms with E-state index in [0.29, 0.717) is 0 Å². The lowest BCUT2D eigenvalue weighted by atomic mass is 10.2. The molecule has 1 aromatic heterocycles. The van der Waals surface area contributed by atoms with Gasteiger partial charge in [-0.15, -0.1) is 11.3 Å². The van der Waals surface area contributed by atoms with Crippen LogP contribution in [0.3, 0.4) is 0 Å². The van der Waals surface area contributed by atoms with Crippen molar-refractivity contribution in [3.05, 3.63) is 11.1 Å². The zero-order chi connectivity index (χ0) is 10.6. The molecule has 1 aromatic rings. The second-order valence-corrected chi connectivity index (χ2v) is 4.56. The van der Waals surface area contributed by atoms with Crippen LogP contribution in [0.15, 0.2) is 6.20 Å². The molecule has 1 rings (SSSR count). The number of hydrogen-bond acceptors (Lipinski definition) is 4. The second kappa shape index (κ2) is 5.32. The van der Waals surface area contributed by atoms with Gasteiger partial charge in [0.25, 0.3) is 0 Å². The predicted molar refractivity (Wildman–Crippen MR) is 63.0 cm³/mol. The number of hydrogen-bond donors (Lipinski definition) is 1. The van der Waals surface area contributed by atoms with E-state index in [2.05, 4.69) is 23.7 Å². The molecular formula is C10H19N3S. The van der Waals surface area contributed by atoms with E-state index in [4.69, 9.17) is 5.73 Å². The average molecular weight is 213 g/mol. The van der Waals surface area contributed by atoms with Crippen LogP contribution in [-0.2, 0) is 6.42 Å². The summed E-state index contributed by atoms with van der Waals surface area (Å²) in [7, 11) is 0. The van der Waals surface area contributed by atoms with Crippen molar-refractivity contribution in [2.24, 2.45) is 5.73 Å². The van der Waals surface area contributed by atoms with Gasteiger partial charge < -0.3 is 10.6 Å². The molecule has 0 radical (unpaired) electrons. The Labute approximate surface area is 89.9 Å². The molecule has 14 heavy (non-hydrogen) atoms. The largest absolute Gasteiger partial charge is 0.349 e. The molecule has 0 aromatic carbocycles. The van der Waals surface area contributed by atoms with Crippen LogP contribution in [0.5, 0.6) is 0 Å². The molecule has 0 amide bonds. The van der Waals surface area contributed by atoms with Gasteiger partial charge in [0, 0.05) is 30.2 Å². The van der Waals surface area contributed by atoms with Gasteiger partial charge in [-0.1, -0.05) is 0 Å². The van der Waals surface area contributed by atoms with E-state index in [-0.39, 0.29) is 6.04 Å². The molecule has 1 unspecified atom stereocenters. The molecule has 0 fully saturated rings. The molecule has 0 aliphatic heterocycles. The number of anilines is 1. The van der Waals surface area contributed by atoms with Crippen molar-refractivity contribution in [2.75, 3.05) is 18.0 Å². The standard InChI is InChI=1S/C10H19N3S/c1-4-13(5-2)10-12-7-9(14-10)6-8(3)11/h7-8H,4-6,11H2,1-3H3. The Morgan fingerprint density at radius 1 is 1.50 bits per heavy atom. The van der Waals surface area contributed by atoms with E-state index in [0.717, 1.165) is 24.6 Å². The normalized spacial score (nSPS) is 12.9. The Morgan fingerprint density at radius 2 is 2.14 bits per heavy atom. The highest BCUT2D eigenvalue weighted by Crippen LogP contribution is 2.22. The van der Waals surface area contributed by atoms with Gasteiger partial charge in [-0.25, -0.2) is 4.98 Å². The molecule has 0 saturated heterocycles. The van der Waals surface area contributed by atoms with Crippen molar-refractivity contribution in [3.63, 3.8) is 0 Å². The van der Waals surface area contributed by atoms with E-state index in [9.17, 15) is 0 Å². The summed E-state index contributed by atoms with van der Waals surface area (Å²) < 4.78 is 0. The molecule has 0 aliphatic rings. The highest BCUT2D eigenvalue weighted by molar-refractivity contribution is 7.15. The van der Waals surface area contributed by atoms with E-state index in [1.54, 1.807) is 11.3 Å². The number of rotatable bonds is 5. The maximum atomic E-state index is 5.74. The monoisotopic (exact) mass is 213 g/mol. The third kappa shape index (κ3) is 2.96. The average Bonchev–Trinajstić information content (AvgIpc) is 2.54. The molecule has 2 N–H and O–H groups in total. The third-order valence-electron chi connectivity index (χ3n) is 2.10. The minimum Gasteiger partial charge on any atom is -0.349 e. The van der Waals surface area contributed by atoms with Gasteiger partial charge in [-0.2, -0.15) is 0 Å². The van der Waals surface area contributed by atoms with Crippen LogP contribution in [0.25, 0.3) is 0 Å². The molecule has 80 valence electrons. The first-order chi connectivity index (χ1) is 6.67. The fourth-order valence-corrected chi connectivity index (χ4v) is 2.53. The summed E-state index contributed by atoms with van der Waals surface area (Å²) in [5.41, 5.74) is 5.74. The molecule has 0 spiro atoms. The summed E-state index contributed by atoms with van der Waals surface area (Å²) in [5.74, 6) is 0. The number of nitrogens with zero attached hydrogens (tertiary/aromatic N) is 2. The van der Waals surface area contributed by atoms with Crippen molar-refractivity contribution in [2.45, 2.75) is 33.2 Å². The van der Waals surface area contributed by atoms with Crippen molar-refractivity contribution < 1.29 is 0 Å².